The number of carbonyl (C=O) groups excluding carboxylic acids is 2. The number of likely N-dealkylation sites (tertiary alicyclic amines) is 2. The van der Waals surface area contributed by atoms with Crippen LogP contribution in [0.15, 0.2) is 24.3 Å². The number of carbonyl (C=O) groups is 2. The molecular weight excluding hydrogens is 359 g/mol. The molecule has 0 bridgehead atoms. The zero-order chi connectivity index (χ0) is 19.2. The second-order valence-electron chi connectivity index (χ2n) is 7.80. The third-order valence-corrected chi connectivity index (χ3v) is 5.89. The van der Waals surface area contributed by atoms with E-state index in [9.17, 15) is 22.8 Å². The number of alkyl halides is 3. The topological polar surface area (TPSA) is 52.7 Å². The van der Waals surface area contributed by atoms with E-state index < -0.39 is 17.7 Å². The van der Waals surface area contributed by atoms with Crippen molar-refractivity contribution < 1.29 is 22.8 Å². The van der Waals surface area contributed by atoms with E-state index in [0.717, 1.165) is 38.3 Å². The van der Waals surface area contributed by atoms with Gasteiger partial charge in [0.25, 0.3) is 0 Å². The number of rotatable bonds is 3. The van der Waals surface area contributed by atoms with Crippen molar-refractivity contribution in [2.75, 3.05) is 32.7 Å². The molecule has 2 amide bonds. The Morgan fingerprint density at radius 2 is 1.85 bits per heavy atom. The molecule has 8 heteroatoms. The highest BCUT2D eigenvalue weighted by atomic mass is 19.4. The van der Waals surface area contributed by atoms with Crippen LogP contribution in [-0.2, 0) is 22.3 Å². The Balaban J connectivity index is 1.39. The van der Waals surface area contributed by atoms with E-state index in [2.05, 4.69) is 5.32 Å². The Morgan fingerprint density at radius 1 is 1.15 bits per heavy atom. The molecule has 1 aromatic rings. The summed E-state index contributed by atoms with van der Waals surface area (Å²) in [6.07, 6.45) is -4.27. The Morgan fingerprint density at radius 3 is 2.52 bits per heavy atom. The standard InChI is InChI=1S/C19H22F3N3O2/c20-19(21,22)16-3-1-2-12(4-16)8-24-9-13(5-17(24)26)18(27)25-10-14-6-23-7-15(14)11-25/h1-4,13-15,23H,5-11H2/t13?,14-,15+. The highest BCUT2D eigenvalue weighted by Crippen LogP contribution is 2.32. The fourth-order valence-corrected chi connectivity index (χ4v) is 4.45. The van der Waals surface area contributed by atoms with Crippen LogP contribution >= 0.6 is 0 Å². The van der Waals surface area contributed by atoms with Crippen molar-refractivity contribution >= 4 is 11.8 Å². The lowest BCUT2D eigenvalue weighted by Gasteiger charge is -2.22. The normalized spacial score (nSPS) is 28.1. The summed E-state index contributed by atoms with van der Waals surface area (Å²) in [6.45, 7) is 3.70. The zero-order valence-corrected chi connectivity index (χ0v) is 14.8. The van der Waals surface area contributed by atoms with Gasteiger partial charge in [-0.25, -0.2) is 0 Å². The first-order valence-corrected chi connectivity index (χ1v) is 9.24. The molecule has 3 atom stereocenters. The molecule has 0 aliphatic carbocycles. The van der Waals surface area contributed by atoms with Crippen LogP contribution in [0.25, 0.3) is 0 Å². The summed E-state index contributed by atoms with van der Waals surface area (Å²) in [6, 6.07) is 5.00. The lowest BCUT2D eigenvalue weighted by molar-refractivity contribution is -0.137. The van der Waals surface area contributed by atoms with Gasteiger partial charge < -0.3 is 15.1 Å². The van der Waals surface area contributed by atoms with Crippen LogP contribution in [-0.4, -0.2) is 54.3 Å². The van der Waals surface area contributed by atoms with E-state index >= 15 is 0 Å². The van der Waals surface area contributed by atoms with Crippen molar-refractivity contribution in [1.29, 1.82) is 0 Å². The number of amides is 2. The highest BCUT2D eigenvalue weighted by Gasteiger charge is 2.42. The lowest BCUT2D eigenvalue weighted by Crippen LogP contribution is -2.37. The SMILES string of the molecule is O=C1CC(C(=O)N2C[C@H]3CNC[C@H]3C2)CN1Cc1cccc(C(F)(F)F)c1. The molecule has 0 saturated carbocycles. The Labute approximate surface area is 155 Å². The molecule has 3 aliphatic heterocycles. The van der Waals surface area contributed by atoms with Gasteiger partial charge in [-0.2, -0.15) is 13.2 Å². The van der Waals surface area contributed by atoms with Crippen LogP contribution < -0.4 is 5.32 Å². The van der Waals surface area contributed by atoms with Crippen molar-refractivity contribution in [2.24, 2.45) is 17.8 Å². The Kier molecular flexibility index (Phi) is 4.61. The smallest absolute Gasteiger partial charge is 0.342 e. The van der Waals surface area contributed by atoms with Gasteiger partial charge in [-0.15, -0.1) is 0 Å². The molecular formula is C19H22F3N3O2. The first-order valence-electron chi connectivity index (χ1n) is 9.24. The monoisotopic (exact) mass is 381 g/mol. The number of halogens is 3. The maximum atomic E-state index is 12.9. The summed E-state index contributed by atoms with van der Waals surface area (Å²) in [5, 5.41) is 3.33. The number of hydrogen-bond acceptors (Lipinski definition) is 3. The van der Waals surface area contributed by atoms with Crippen molar-refractivity contribution in [1.82, 2.24) is 15.1 Å². The van der Waals surface area contributed by atoms with Gasteiger partial charge in [0, 0.05) is 45.7 Å². The van der Waals surface area contributed by atoms with Gasteiger partial charge in [0.05, 0.1) is 11.5 Å². The van der Waals surface area contributed by atoms with E-state index in [1.165, 1.54) is 11.0 Å². The molecule has 0 radical (unpaired) electrons. The van der Waals surface area contributed by atoms with E-state index in [4.69, 9.17) is 0 Å². The number of hydrogen-bond donors (Lipinski definition) is 1. The minimum Gasteiger partial charge on any atom is -0.342 e. The molecule has 5 nitrogen and oxygen atoms in total. The van der Waals surface area contributed by atoms with Gasteiger partial charge in [0.2, 0.25) is 11.8 Å². The van der Waals surface area contributed by atoms with Crippen LogP contribution in [0.1, 0.15) is 17.5 Å². The summed E-state index contributed by atoms with van der Waals surface area (Å²) in [5.74, 6) is 0.422. The van der Waals surface area contributed by atoms with Gasteiger partial charge >= 0.3 is 6.18 Å². The van der Waals surface area contributed by atoms with E-state index in [-0.39, 0.29) is 31.3 Å². The summed E-state index contributed by atoms with van der Waals surface area (Å²) in [5.41, 5.74) is -0.301. The van der Waals surface area contributed by atoms with E-state index in [0.29, 0.717) is 17.4 Å². The predicted molar refractivity (Wildman–Crippen MR) is 91.4 cm³/mol. The zero-order valence-electron chi connectivity index (χ0n) is 14.8. The van der Waals surface area contributed by atoms with Gasteiger partial charge in [-0.1, -0.05) is 12.1 Å². The first-order chi connectivity index (χ1) is 12.8. The largest absolute Gasteiger partial charge is 0.416 e. The average Bonchev–Trinajstić information content (AvgIpc) is 3.29. The molecule has 1 N–H and O–H groups in total. The van der Waals surface area contributed by atoms with Gasteiger partial charge in [-0.05, 0) is 29.5 Å². The second kappa shape index (κ2) is 6.82. The summed E-state index contributed by atoms with van der Waals surface area (Å²) < 4.78 is 38.6. The number of benzene rings is 1. The summed E-state index contributed by atoms with van der Waals surface area (Å²) in [7, 11) is 0. The van der Waals surface area contributed by atoms with Crippen LogP contribution in [0.4, 0.5) is 13.2 Å². The van der Waals surface area contributed by atoms with Gasteiger partial charge in [0.1, 0.15) is 0 Å². The molecule has 3 fully saturated rings. The maximum Gasteiger partial charge on any atom is 0.416 e. The average molecular weight is 381 g/mol. The minimum absolute atomic E-state index is 0.00397. The van der Waals surface area contributed by atoms with Crippen molar-refractivity contribution in [2.45, 2.75) is 19.1 Å². The number of nitrogens with zero attached hydrogens (tertiary/aromatic N) is 2. The van der Waals surface area contributed by atoms with Crippen molar-refractivity contribution in [3.05, 3.63) is 35.4 Å². The van der Waals surface area contributed by atoms with Crippen LogP contribution in [0, 0.1) is 17.8 Å². The molecule has 3 heterocycles. The molecule has 1 unspecified atom stereocenters. The molecule has 4 rings (SSSR count). The van der Waals surface area contributed by atoms with E-state index in [1.54, 1.807) is 6.07 Å². The molecule has 3 saturated heterocycles. The van der Waals surface area contributed by atoms with Gasteiger partial charge in [0.15, 0.2) is 0 Å². The van der Waals surface area contributed by atoms with E-state index in [1.807, 2.05) is 4.90 Å². The fourth-order valence-electron chi connectivity index (χ4n) is 4.45. The highest BCUT2D eigenvalue weighted by molar-refractivity contribution is 5.89. The minimum atomic E-state index is -4.41. The molecule has 27 heavy (non-hydrogen) atoms. The number of nitrogens with one attached hydrogen (secondary N) is 1. The molecule has 3 aliphatic rings. The lowest BCUT2D eigenvalue weighted by atomic mass is 10.0. The molecule has 146 valence electrons. The first kappa shape index (κ1) is 18.3. The quantitative estimate of drug-likeness (QED) is 0.868. The fraction of sp³-hybridized carbons (Fsp3) is 0.579. The third kappa shape index (κ3) is 3.67. The predicted octanol–water partition coefficient (Wildman–Crippen LogP) is 1.73. The van der Waals surface area contributed by atoms with Crippen LogP contribution in [0.2, 0.25) is 0 Å². The Bertz CT molecular complexity index is 740. The molecule has 0 aromatic heterocycles. The second-order valence-corrected chi connectivity index (χ2v) is 7.80. The third-order valence-electron chi connectivity index (χ3n) is 5.89. The number of fused-ring (bicyclic) bond motifs is 1. The van der Waals surface area contributed by atoms with Crippen LogP contribution in [0.3, 0.4) is 0 Å². The molecule has 0 spiro atoms. The van der Waals surface area contributed by atoms with Crippen LogP contribution in [0.5, 0.6) is 0 Å². The summed E-state index contributed by atoms with van der Waals surface area (Å²) in [4.78, 5) is 28.5. The maximum absolute atomic E-state index is 12.9. The Hall–Kier alpha value is -2.09. The van der Waals surface area contributed by atoms with Gasteiger partial charge in [-0.3, -0.25) is 9.59 Å². The molecule has 1 aromatic carbocycles. The summed E-state index contributed by atoms with van der Waals surface area (Å²) >= 11 is 0. The van der Waals surface area contributed by atoms with Crippen molar-refractivity contribution in [3.63, 3.8) is 0 Å². The van der Waals surface area contributed by atoms with Crippen molar-refractivity contribution in [3.8, 4) is 0 Å².